The summed E-state index contributed by atoms with van der Waals surface area (Å²) in [6.07, 6.45) is 3.18. The maximum absolute atomic E-state index is 12.6. The molecule has 0 aliphatic heterocycles. The lowest BCUT2D eigenvalue weighted by atomic mass is 10.2. The number of carbonyl (C=O) groups is 2. The SMILES string of the molecule is CCC(C)NC(=O)CCNC(=O)c1nnn(-c2ccc(Br)cc2)c1C1CC1. The lowest BCUT2D eigenvalue weighted by Gasteiger charge is -2.11. The molecule has 0 radical (unpaired) electrons. The standard InChI is InChI=1S/C19H24BrN5O2/c1-3-12(2)22-16(26)10-11-21-19(27)17-18(13-4-5-13)25(24-23-17)15-8-6-14(20)7-9-15/h6-9,12-13H,3-5,10-11H2,1-2H3,(H,21,27)(H,22,26). The molecule has 1 heterocycles. The van der Waals surface area contributed by atoms with Gasteiger partial charge >= 0.3 is 0 Å². The Kier molecular flexibility index (Phi) is 6.26. The summed E-state index contributed by atoms with van der Waals surface area (Å²) in [5.41, 5.74) is 2.07. The van der Waals surface area contributed by atoms with E-state index in [0.717, 1.165) is 35.1 Å². The summed E-state index contributed by atoms with van der Waals surface area (Å²) >= 11 is 3.42. The van der Waals surface area contributed by atoms with E-state index >= 15 is 0 Å². The van der Waals surface area contributed by atoms with Gasteiger partial charge in [-0.2, -0.15) is 0 Å². The molecule has 8 heteroatoms. The van der Waals surface area contributed by atoms with Crippen molar-refractivity contribution < 1.29 is 9.59 Å². The van der Waals surface area contributed by atoms with E-state index in [-0.39, 0.29) is 30.8 Å². The minimum atomic E-state index is -0.281. The highest BCUT2D eigenvalue weighted by atomic mass is 79.9. The van der Waals surface area contributed by atoms with Crippen LogP contribution in [-0.4, -0.2) is 39.4 Å². The molecule has 1 atom stereocenters. The Bertz CT molecular complexity index is 814. The zero-order valence-electron chi connectivity index (χ0n) is 15.5. The maximum atomic E-state index is 12.6. The van der Waals surface area contributed by atoms with Crippen LogP contribution < -0.4 is 10.6 Å². The number of amides is 2. The van der Waals surface area contributed by atoms with Gasteiger partial charge in [0.2, 0.25) is 5.91 Å². The number of aromatic nitrogens is 3. The average Bonchev–Trinajstić information content (AvgIpc) is 3.40. The maximum Gasteiger partial charge on any atom is 0.273 e. The zero-order chi connectivity index (χ0) is 19.4. The van der Waals surface area contributed by atoms with Gasteiger partial charge in [0, 0.05) is 29.4 Å². The minimum Gasteiger partial charge on any atom is -0.354 e. The molecule has 0 bridgehead atoms. The second-order valence-electron chi connectivity index (χ2n) is 6.87. The first-order valence-corrected chi connectivity index (χ1v) is 10.1. The predicted molar refractivity (Wildman–Crippen MR) is 106 cm³/mol. The van der Waals surface area contributed by atoms with Crippen molar-refractivity contribution in [3.63, 3.8) is 0 Å². The Morgan fingerprint density at radius 1 is 1.30 bits per heavy atom. The fraction of sp³-hybridized carbons (Fsp3) is 0.474. The van der Waals surface area contributed by atoms with Crippen molar-refractivity contribution in [2.45, 2.75) is 51.5 Å². The number of carbonyl (C=O) groups excluding carboxylic acids is 2. The Morgan fingerprint density at radius 3 is 2.63 bits per heavy atom. The molecule has 2 N–H and O–H groups in total. The Balaban J connectivity index is 1.67. The van der Waals surface area contributed by atoms with Crippen molar-refractivity contribution in [1.82, 2.24) is 25.6 Å². The highest BCUT2D eigenvalue weighted by Crippen LogP contribution is 2.42. The Hall–Kier alpha value is -2.22. The molecule has 1 aliphatic carbocycles. The molecular formula is C19H24BrN5O2. The van der Waals surface area contributed by atoms with Crippen LogP contribution in [0.5, 0.6) is 0 Å². The molecule has 0 spiro atoms. The van der Waals surface area contributed by atoms with Gasteiger partial charge in [-0.3, -0.25) is 9.59 Å². The average molecular weight is 434 g/mol. The third kappa shape index (κ3) is 4.94. The van der Waals surface area contributed by atoms with Gasteiger partial charge in [-0.25, -0.2) is 4.68 Å². The summed E-state index contributed by atoms with van der Waals surface area (Å²) in [6.45, 7) is 4.25. The van der Waals surface area contributed by atoms with Crippen LogP contribution in [0, 0.1) is 0 Å². The Labute approximate surface area is 167 Å². The molecule has 1 saturated carbocycles. The summed E-state index contributed by atoms with van der Waals surface area (Å²) in [5.74, 6) is -0.0414. The highest BCUT2D eigenvalue weighted by Gasteiger charge is 2.34. The van der Waals surface area contributed by atoms with Crippen LogP contribution in [0.15, 0.2) is 28.7 Å². The van der Waals surface area contributed by atoms with Crippen LogP contribution in [0.1, 0.15) is 61.6 Å². The second-order valence-corrected chi connectivity index (χ2v) is 7.78. The van der Waals surface area contributed by atoms with E-state index in [0.29, 0.717) is 11.6 Å². The molecule has 1 aliphatic rings. The predicted octanol–water partition coefficient (Wildman–Crippen LogP) is 2.94. The first kappa shape index (κ1) is 19.5. The van der Waals surface area contributed by atoms with Crippen LogP contribution in [0.2, 0.25) is 0 Å². The molecule has 144 valence electrons. The van der Waals surface area contributed by atoms with E-state index in [1.165, 1.54) is 0 Å². The van der Waals surface area contributed by atoms with Gasteiger partial charge in [-0.05, 0) is 50.5 Å². The van der Waals surface area contributed by atoms with Gasteiger partial charge in [0.05, 0.1) is 11.4 Å². The summed E-state index contributed by atoms with van der Waals surface area (Å²) < 4.78 is 2.72. The zero-order valence-corrected chi connectivity index (χ0v) is 17.1. The largest absolute Gasteiger partial charge is 0.354 e. The van der Waals surface area contributed by atoms with Crippen LogP contribution in [-0.2, 0) is 4.79 Å². The van der Waals surface area contributed by atoms with Gasteiger partial charge in [0.15, 0.2) is 5.69 Å². The van der Waals surface area contributed by atoms with Crippen molar-refractivity contribution >= 4 is 27.7 Å². The third-order valence-electron chi connectivity index (χ3n) is 4.61. The first-order chi connectivity index (χ1) is 13.0. The molecule has 1 aromatic carbocycles. The molecule has 27 heavy (non-hydrogen) atoms. The van der Waals surface area contributed by atoms with Crippen molar-refractivity contribution in [3.05, 3.63) is 40.1 Å². The number of hydrogen-bond acceptors (Lipinski definition) is 4. The number of halogens is 1. The lowest BCUT2D eigenvalue weighted by Crippen LogP contribution is -2.35. The van der Waals surface area contributed by atoms with E-state index in [1.807, 2.05) is 38.1 Å². The van der Waals surface area contributed by atoms with Crippen molar-refractivity contribution in [1.29, 1.82) is 0 Å². The van der Waals surface area contributed by atoms with Crippen LogP contribution in [0.4, 0.5) is 0 Å². The number of hydrogen-bond donors (Lipinski definition) is 2. The van der Waals surface area contributed by atoms with Gasteiger partial charge in [-0.1, -0.05) is 28.1 Å². The molecule has 2 amide bonds. The van der Waals surface area contributed by atoms with Crippen LogP contribution >= 0.6 is 15.9 Å². The molecule has 2 aromatic rings. The second kappa shape index (κ2) is 8.65. The van der Waals surface area contributed by atoms with Crippen LogP contribution in [0.25, 0.3) is 5.69 Å². The Morgan fingerprint density at radius 2 is 2.00 bits per heavy atom. The van der Waals surface area contributed by atoms with Gasteiger partial charge < -0.3 is 10.6 Å². The first-order valence-electron chi connectivity index (χ1n) is 9.28. The normalized spacial score (nSPS) is 14.6. The summed E-state index contributed by atoms with van der Waals surface area (Å²) in [5, 5.41) is 14.0. The minimum absolute atomic E-state index is 0.0643. The monoisotopic (exact) mass is 433 g/mol. The van der Waals surface area contributed by atoms with E-state index in [4.69, 9.17) is 0 Å². The number of nitrogens with zero attached hydrogens (tertiary/aromatic N) is 3. The van der Waals surface area contributed by atoms with E-state index in [9.17, 15) is 9.59 Å². The number of rotatable bonds is 8. The van der Waals surface area contributed by atoms with Crippen molar-refractivity contribution in [2.24, 2.45) is 0 Å². The van der Waals surface area contributed by atoms with Crippen LogP contribution in [0.3, 0.4) is 0 Å². The fourth-order valence-electron chi connectivity index (χ4n) is 2.77. The quantitative estimate of drug-likeness (QED) is 0.669. The summed E-state index contributed by atoms with van der Waals surface area (Å²) in [6, 6.07) is 7.88. The fourth-order valence-corrected chi connectivity index (χ4v) is 3.03. The molecule has 1 unspecified atom stereocenters. The summed E-state index contributed by atoms with van der Waals surface area (Å²) in [4.78, 5) is 24.4. The molecular weight excluding hydrogens is 410 g/mol. The van der Waals surface area contributed by atoms with Gasteiger partial charge in [0.25, 0.3) is 5.91 Å². The highest BCUT2D eigenvalue weighted by molar-refractivity contribution is 9.10. The van der Waals surface area contributed by atoms with Crippen molar-refractivity contribution in [3.8, 4) is 5.69 Å². The molecule has 1 aromatic heterocycles. The lowest BCUT2D eigenvalue weighted by molar-refractivity contribution is -0.121. The number of benzene rings is 1. The smallest absolute Gasteiger partial charge is 0.273 e. The summed E-state index contributed by atoms with van der Waals surface area (Å²) in [7, 11) is 0. The van der Waals surface area contributed by atoms with E-state index in [1.54, 1.807) is 4.68 Å². The third-order valence-corrected chi connectivity index (χ3v) is 5.14. The van der Waals surface area contributed by atoms with E-state index < -0.39 is 0 Å². The molecule has 0 saturated heterocycles. The number of nitrogens with one attached hydrogen (secondary N) is 2. The van der Waals surface area contributed by atoms with Crippen molar-refractivity contribution in [2.75, 3.05) is 6.54 Å². The molecule has 3 rings (SSSR count). The molecule has 7 nitrogen and oxygen atoms in total. The van der Waals surface area contributed by atoms with Gasteiger partial charge in [-0.15, -0.1) is 5.10 Å². The van der Waals surface area contributed by atoms with Gasteiger partial charge in [0.1, 0.15) is 0 Å². The topological polar surface area (TPSA) is 88.9 Å². The van der Waals surface area contributed by atoms with E-state index in [2.05, 4.69) is 36.9 Å². The molecule has 1 fully saturated rings.